The Hall–Kier alpha value is -1.22. The predicted molar refractivity (Wildman–Crippen MR) is 92.2 cm³/mol. The Labute approximate surface area is 130 Å². The molecule has 0 aliphatic heterocycles. The zero-order valence-electron chi connectivity index (χ0n) is 14.3. The number of phenols is 1. The molecule has 2 N–H and O–H groups in total. The highest BCUT2D eigenvalue weighted by atomic mass is 16.3. The highest BCUT2D eigenvalue weighted by molar-refractivity contribution is 5.54. The van der Waals surface area contributed by atoms with Gasteiger partial charge in [0.2, 0.25) is 0 Å². The van der Waals surface area contributed by atoms with Crippen LogP contribution in [0.5, 0.6) is 5.75 Å². The van der Waals surface area contributed by atoms with Gasteiger partial charge in [-0.25, -0.2) is 0 Å². The number of anilines is 1. The van der Waals surface area contributed by atoms with E-state index in [2.05, 4.69) is 57.0 Å². The molecule has 0 heterocycles. The van der Waals surface area contributed by atoms with Crippen molar-refractivity contribution >= 4 is 5.69 Å². The minimum atomic E-state index is 0.184. The van der Waals surface area contributed by atoms with Gasteiger partial charge in [0.05, 0.1) is 0 Å². The third-order valence-electron chi connectivity index (χ3n) is 4.16. The fourth-order valence-electron chi connectivity index (χ4n) is 2.49. The van der Waals surface area contributed by atoms with Crippen LogP contribution >= 0.6 is 0 Å². The molecule has 2 atom stereocenters. The number of hydrogen-bond acceptors (Lipinski definition) is 3. The second kappa shape index (κ2) is 8.93. The van der Waals surface area contributed by atoms with Gasteiger partial charge in [0, 0.05) is 36.4 Å². The third kappa shape index (κ3) is 5.24. The second-order valence-corrected chi connectivity index (χ2v) is 5.97. The van der Waals surface area contributed by atoms with E-state index in [1.807, 2.05) is 6.07 Å². The molecule has 0 amide bonds. The van der Waals surface area contributed by atoms with E-state index in [0.717, 1.165) is 37.3 Å². The molecule has 0 spiro atoms. The van der Waals surface area contributed by atoms with Gasteiger partial charge in [0.1, 0.15) is 5.75 Å². The van der Waals surface area contributed by atoms with E-state index in [4.69, 9.17) is 0 Å². The van der Waals surface area contributed by atoms with Gasteiger partial charge in [-0.15, -0.1) is 0 Å². The summed E-state index contributed by atoms with van der Waals surface area (Å²) < 4.78 is 0. The van der Waals surface area contributed by atoms with Crippen molar-refractivity contribution in [1.82, 2.24) is 5.32 Å². The summed E-state index contributed by atoms with van der Waals surface area (Å²) in [5.74, 6) is 1.06. The van der Waals surface area contributed by atoms with E-state index in [0.29, 0.717) is 11.7 Å². The summed E-state index contributed by atoms with van der Waals surface area (Å²) >= 11 is 0. The predicted octanol–water partition coefficient (Wildman–Crippen LogP) is 4.33. The zero-order chi connectivity index (χ0) is 15.8. The molecule has 1 aromatic rings. The maximum Gasteiger partial charge on any atom is 0.122 e. The van der Waals surface area contributed by atoms with Crippen LogP contribution in [0, 0.1) is 5.92 Å². The third-order valence-corrected chi connectivity index (χ3v) is 4.16. The van der Waals surface area contributed by atoms with Gasteiger partial charge in [-0.2, -0.15) is 0 Å². The van der Waals surface area contributed by atoms with E-state index >= 15 is 0 Å². The molecule has 0 bridgehead atoms. The van der Waals surface area contributed by atoms with E-state index in [9.17, 15) is 5.11 Å². The van der Waals surface area contributed by atoms with Crippen molar-refractivity contribution < 1.29 is 5.11 Å². The summed E-state index contributed by atoms with van der Waals surface area (Å²) in [6.45, 7) is 13.9. The van der Waals surface area contributed by atoms with Crippen molar-refractivity contribution in [2.24, 2.45) is 5.92 Å². The number of nitrogens with one attached hydrogen (secondary N) is 1. The highest BCUT2D eigenvalue weighted by Crippen LogP contribution is 2.29. The summed E-state index contributed by atoms with van der Waals surface area (Å²) in [6.07, 6.45) is 2.28. The smallest absolute Gasteiger partial charge is 0.122 e. The first-order valence-electron chi connectivity index (χ1n) is 8.34. The number of hydrogen-bond donors (Lipinski definition) is 2. The Bertz CT molecular complexity index is 420. The van der Waals surface area contributed by atoms with Gasteiger partial charge in [-0.3, -0.25) is 0 Å². The molecule has 0 fully saturated rings. The van der Waals surface area contributed by atoms with E-state index in [-0.39, 0.29) is 6.04 Å². The van der Waals surface area contributed by atoms with Crippen molar-refractivity contribution in [3.63, 3.8) is 0 Å². The van der Waals surface area contributed by atoms with Crippen molar-refractivity contribution in [1.29, 1.82) is 0 Å². The maximum atomic E-state index is 10.3. The molecule has 1 rings (SSSR count). The molecule has 0 radical (unpaired) electrons. The van der Waals surface area contributed by atoms with Gasteiger partial charge in [-0.1, -0.05) is 33.3 Å². The molecule has 120 valence electrons. The number of nitrogens with zero attached hydrogens (tertiary/aromatic N) is 1. The number of aromatic hydroxyl groups is 1. The average Bonchev–Trinajstić information content (AvgIpc) is 2.49. The molecule has 2 unspecified atom stereocenters. The Morgan fingerprint density at radius 3 is 2.43 bits per heavy atom. The lowest BCUT2D eigenvalue weighted by atomic mass is 10.0. The fourth-order valence-corrected chi connectivity index (χ4v) is 2.49. The summed E-state index contributed by atoms with van der Waals surface area (Å²) in [7, 11) is 0. The van der Waals surface area contributed by atoms with Crippen LogP contribution in [0.4, 0.5) is 5.69 Å². The van der Waals surface area contributed by atoms with Crippen LogP contribution in [0.25, 0.3) is 0 Å². The van der Waals surface area contributed by atoms with E-state index in [1.54, 1.807) is 0 Å². The highest BCUT2D eigenvalue weighted by Gasteiger charge is 2.13. The lowest BCUT2D eigenvalue weighted by molar-refractivity contribution is 0.452. The van der Waals surface area contributed by atoms with Gasteiger partial charge >= 0.3 is 0 Å². The second-order valence-electron chi connectivity index (χ2n) is 5.97. The standard InChI is InChI=1S/C18H32N2O/c1-6-11-19-15(5)17-10-9-16(12-18(17)21)20(8-3)13-14(4)7-2/h9-10,12,14-15,19,21H,6-8,11,13H2,1-5H3. The SMILES string of the molecule is CCCNC(C)c1ccc(N(CC)CC(C)CC)cc1O. The minimum absolute atomic E-state index is 0.184. The Balaban J connectivity index is 2.84. The molecule has 0 saturated heterocycles. The maximum absolute atomic E-state index is 10.3. The van der Waals surface area contributed by atoms with Crippen molar-refractivity contribution in [2.45, 2.75) is 53.5 Å². The fraction of sp³-hybridized carbons (Fsp3) is 0.667. The largest absolute Gasteiger partial charge is 0.508 e. The molecule has 3 heteroatoms. The molecule has 3 nitrogen and oxygen atoms in total. The Morgan fingerprint density at radius 2 is 1.90 bits per heavy atom. The summed E-state index contributed by atoms with van der Waals surface area (Å²) in [4.78, 5) is 2.34. The molecular weight excluding hydrogens is 260 g/mol. The Kier molecular flexibility index (Phi) is 7.58. The van der Waals surface area contributed by atoms with Crippen LogP contribution in [0.2, 0.25) is 0 Å². The summed E-state index contributed by atoms with van der Waals surface area (Å²) in [5.41, 5.74) is 2.09. The zero-order valence-corrected chi connectivity index (χ0v) is 14.3. The first-order chi connectivity index (χ1) is 10.0. The minimum Gasteiger partial charge on any atom is -0.508 e. The van der Waals surface area contributed by atoms with Gasteiger partial charge < -0.3 is 15.3 Å². The lowest BCUT2D eigenvalue weighted by Crippen LogP contribution is -2.28. The van der Waals surface area contributed by atoms with Crippen molar-refractivity contribution in [3.05, 3.63) is 23.8 Å². The van der Waals surface area contributed by atoms with Crippen LogP contribution in [-0.4, -0.2) is 24.7 Å². The molecule has 1 aromatic carbocycles. The van der Waals surface area contributed by atoms with Crippen LogP contribution in [0.15, 0.2) is 18.2 Å². The van der Waals surface area contributed by atoms with Crippen LogP contribution in [0.1, 0.15) is 59.1 Å². The van der Waals surface area contributed by atoms with Crippen LogP contribution in [-0.2, 0) is 0 Å². The summed E-state index contributed by atoms with van der Waals surface area (Å²) in [5, 5.41) is 13.7. The van der Waals surface area contributed by atoms with Crippen molar-refractivity contribution in [3.8, 4) is 5.75 Å². The van der Waals surface area contributed by atoms with Gasteiger partial charge in [0.15, 0.2) is 0 Å². The molecule has 0 saturated carbocycles. The molecule has 0 aliphatic rings. The monoisotopic (exact) mass is 292 g/mol. The summed E-state index contributed by atoms with van der Waals surface area (Å²) in [6, 6.07) is 6.27. The first-order valence-corrected chi connectivity index (χ1v) is 8.34. The lowest BCUT2D eigenvalue weighted by Gasteiger charge is -2.27. The van der Waals surface area contributed by atoms with Gasteiger partial charge in [-0.05, 0) is 38.8 Å². The topological polar surface area (TPSA) is 35.5 Å². The average molecular weight is 292 g/mol. The molecule has 0 aliphatic carbocycles. The molecular formula is C18H32N2O. The van der Waals surface area contributed by atoms with Crippen LogP contribution in [0.3, 0.4) is 0 Å². The number of phenolic OH excluding ortho intramolecular Hbond substituents is 1. The van der Waals surface area contributed by atoms with E-state index in [1.165, 1.54) is 6.42 Å². The Morgan fingerprint density at radius 1 is 1.19 bits per heavy atom. The quantitative estimate of drug-likeness (QED) is 0.711. The molecule has 0 aromatic heterocycles. The van der Waals surface area contributed by atoms with E-state index < -0.39 is 0 Å². The van der Waals surface area contributed by atoms with Crippen LogP contribution < -0.4 is 10.2 Å². The number of rotatable bonds is 9. The van der Waals surface area contributed by atoms with Gasteiger partial charge in [0.25, 0.3) is 0 Å². The van der Waals surface area contributed by atoms with Crippen molar-refractivity contribution in [2.75, 3.05) is 24.5 Å². The molecule has 21 heavy (non-hydrogen) atoms. The normalized spacial score (nSPS) is 14.0. The number of benzene rings is 1. The first kappa shape index (κ1) is 17.8.